The summed E-state index contributed by atoms with van der Waals surface area (Å²) in [4.78, 5) is 16.3. The van der Waals surface area contributed by atoms with Gasteiger partial charge < -0.3 is 16.4 Å². The van der Waals surface area contributed by atoms with Gasteiger partial charge in [-0.25, -0.2) is 0 Å². The van der Waals surface area contributed by atoms with Crippen LogP contribution in [0.25, 0.3) is 0 Å². The molecule has 4 N–H and O–H groups in total. The Morgan fingerprint density at radius 2 is 1.92 bits per heavy atom. The van der Waals surface area contributed by atoms with Crippen molar-refractivity contribution in [3.05, 3.63) is 64.1 Å². The van der Waals surface area contributed by atoms with Crippen molar-refractivity contribution in [3.63, 3.8) is 0 Å². The molecule has 0 atom stereocenters. The second kappa shape index (κ2) is 11.9. The molecular formula is C19H24BrIN4O. The molecule has 0 spiro atoms. The van der Waals surface area contributed by atoms with E-state index in [0.29, 0.717) is 24.6 Å². The van der Waals surface area contributed by atoms with E-state index in [1.807, 2.05) is 24.3 Å². The maximum Gasteiger partial charge on any atom is 0.251 e. The summed E-state index contributed by atoms with van der Waals surface area (Å²) in [6.45, 7) is 3.21. The van der Waals surface area contributed by atoms with Crippen molar-refractivity contribution in [2.24, 2.45) is 10.7 Å². The average Bonchev–Trinajstić information content (AvgIpc) is 2.62. The van der Waals surface area contributed by atoms with Crippen molar-refractivity contribution >= 4 is 57.5 Å². The van der Waals surface area contributed by atoms with E-state index in [2.05, 4.69) is 50.6 Å². The summed E-state index contributed by atoms with van der Waals surface area (Å²) in [6.07, 6.45) is 1.73. The first-order chi connectivity index (χ1) is 12.1. The smallest absolute Gasteiger partial charge is 0.251 e. The normalized spacial score (nSPS) is 10.8. The number of aryl methyl sites for hydroxylation is 1. The first kappa shape index (κ1) is 22.4. The number of halogens is 2. The minimum Gasteiger partial charge on any atom is -0.370 e. The molecule has 5 nitrogen and oxygen atoms in total. The molecule has 0 fully saturated rings. The number of rotatable bonds is 7. The number of carbonyl (C=O) groups is 1. The lowest BCUT2D eigenvalue weighted by Gasteiger charge is -2.07. The Bertz CT molecular complexity index is 735. The third kappa shape index (κ3) is 7.74. The number of hydrogen-bond donors (Lipinski definition) is 3. The lowest BCUT2D eigenvalue weighted by Crippen LogP contribution is -2.26. The van der Waals surface area contributed by atoms with Crippen LogP contribution in [0.15, 0.2) is 58.0 Å². The number of nitrogens with two attached hydrogens (primary N) is 1. The van der Waals surface area contributed by atoms with Gasteiger partial charge in [-0.1, -0.05) is 41.1 Å². The molecule has 0 heterocycles. The Balaban J connectivity index is 0.00000338. The highest BCUT2D eigenvalue weighted by Crippen LogP contribution is 2.11. The minimum atomic E-state index is -0.0904. The van der Waals surface area contributed by atoms with E-state index in [0.717, 1.165) is 23.0 Å². The van der Waals surface area contributed by atoms with Gasteiger partial charge in [0.15, 0.2) is 5.96 Å². The van der Waals surface area contributed by atoms with Crippen LogP contribution in [0, 0.1) is 0 Å². The highest BCUT2D eigenvalue weighted by Gasteiger charge is 2.04. The average molecular weight is 531 g/mol. The molecule has 0 radical (unpaired) electrons. The molecule has 0 aromatic heterocycles. The predicted octanol–water partition coefficient (Wildman–Crippen LogP) is 4.18. The van der Waals surface area contributed by atoms with E-state index >= 15 is 0 Å². The number of amides is 1. The van der Waals surface area contributed by atoms with Crippen molar-refractivity contribution in [3.8, 4) is 0 Å². The molecule has 0 saturated carbocycles. The van der Waals surface area contributed by atoms with Crippen molar-refractivity contribution in [1.29, 1.82) is 0 Å². The van der Waals surface area contributed by atoms with Gasteiger partial charge in [-0.3, -0.25) is 9.79 Å². The van der Waals surface area contributed by atoms with Crippen LogP contribution in [-0.2, 0) is 6.42 Å². The molecule has 0 aliphatic carbocycles. The Morgan fingerprint density at radius 1 is 1.19 bits per heavy atom. The summed E-state index contributed by atoms with van der Waals surface area (Å²) in [5.74, 6) is 0.287. The molecule has 0 bridgehead atoms. The van der Waals surface area contributed by atoms with Crippen LogP contribution in [-0.4, -0.2) is 25.0 Å². The van der Waals surface area contributed by atoms with Crippen LogP contribution in [0.3, 0.4) is 0 Å². The molecule has 140 valence electrons. The van der Waals surface area contributed by atoms with Crippen LogP contribution >= 0.6 is 39.9 Å². The largest absolute Gasteiger partial charge is 0.370 e. The standard InChI is InChI=1S/C19H23BrN4O.HI/c1-2-14-7-9-17(10-8-14)24-19(21)23-12-4-11-22-18(25)15-5-3-6-16(20)13-15;/h3,5-10,13H,2,4,11-12H2,1H3,(H,22,25)(H3,21,23,24);1H. The fourth-order valence-corrected chi connectivity index (χ4v) is 2.62. The third-order valence-corrected chi connectivity index (χ3v) is 4.12. The number of nitrogens with one attached hydrogen (secondary N) is 2. The summed E-state index contributed by atoms with van der Waals surface area (Å²) in [7, 11) is 0. The summed E-state index contributed by atoms with van der Waals surface area (Å²) in [5, 5.41) is 5.93. The molecular weight excluding hydrogens is 507 g/mol. The fraction of sp³-hybridized carbons (Fsp3) is 0.263. The number of guanidine groups is 1. The second-order valence-corrected chi connectivity index (χ2v) is 6.48. The Labute approximate surface area is 180 Å². The molecule has 0 unspecified atom stereocenters. The van der Waals surface area contributed by atoms with Gasteiger partial charge in [0.05, 0.1) is 0 Å². The van der Waals surface area contributed by atoms with Crippen LogP contribution in [0.2, 0.25) is 0 Å². The SMILES string of the molecule is CCc1ccc(NC(N)=NCCCNC(=O)c2cccc(Br)c2)cc1.I. The first-order valence-electron chi connectivity index (χ1n) is 8.28. The predicted molar refractivity (Wildman–Crippen MR) is 122 cm³/mol. The number of aliphatic imine (C=N–C) groups is 1. The molecule has 1 amide bonds. The fourth-order valence-electron chi connectivity index (χ4n) is 2.22. The van der Waals surface area contributed by atoms with Gasteiger partial charge in [0, 0.05) is 28.8 Å². The van der Waals surface area contributed by atoms with E-state index < -0.39 is 0 Å². The Kier molecular flexibility index (Phi) is 10.3. The zero-order valence-electron chi connectivity index (χ0n) is 14.7. The molecule has 0 aliphatic heterocycles. The van der Waals surface area contributed by atoms with Gasteiger partial charge in [-0.05, 0) is 48.7 Å². The highest BCUT2D eigenvalue weighted by molar-refractivity contribution is 14.0. The molecule has 2 rings (SSSR count). The first-order valence-corrected chi connectivity index (χ1v) is 9.07. The van der Waals surface area contributed by atoms with Gasteiger partial charge in [-0.15, -0.1) is 24.0 Å². The Hall–Kier alpha value is -1.61. The van der Waals surface area contributed by atoms with Gasteiger partial charge in [-0.2, -0.15) is 0 Å². The van der Waals surface area contributed by atoms with E-state index in [1.165, 1.54) is 5.56 Å². The topological polar surface area (TPSA) is 79.5 Å². The second-order valence-electron chi connectivity index (χ2n) is 5.56. The number of anilines is 1. The molecule has 26 heavy (non-hydrogen) atoms. The Morgan fingerprint density at radius 3 is 2.58 bits per heavy atom. The monoisotopic (exact) mass is 530 g/mol. The lowest BCUT2D eigenvalue weighted by atomic mass is 10.1. The summed E-state index contributed by atoms with van der Waals surface area (Å²) in [5.41, 5.74) is 8.70. The summed E-state index contributed by atoms with van der Waals surface area (Å²) < 4.78 is 0.885. The zero-order valence-corrected chi connectivity index (χ0v) is 18.6. The van der Waals surface area contributed by atoms with Crippen molar-refractivity contribution in [2.45, 2.75) is 19.8 Å². The highest BCUT2D eigenvalue weighted by atomic mass is 127. The van der Waals surface area contributed by atoms with E-state index in [9.17, 15) is 4.79 Å². The molecule has 2 aromatic carbocycles. The van der Waals surface area contributed by atoms with E-state index in [4.69, 9.17) is 5.73 Å². The van der Waals surface area contributed by atoms with Gasteiger partial charge in [0.2, 0.25) is 0 Å². The van der Waals surface area contributed by atoms with Crippen molar-refractivity contribution < 1.29 is 4.79 Å². The molecule has 2 aromatic rings. The van der Waals surface area contributed by atoms with Gasteiger partial charge in [0.25, 0.3) is 5.91 Å². The summed E-state index contributed by atoms with van der Waals surface area (Å²) in [6, 6.07) is 15.4. The van der Waals surface area contributed by atoms with Crippen molar-refractivity contribution in [2.75, 3.05) is 18.4 Å². The van der Waals surface area contributed by atoms with Crippen LogP contribution in [0.5, 0.6) is 0 Å². The number of nitrogens with zero attached hydrogens (tertiary/aromatic N) is 1. The molecule has 0 saturated heterocycles. The van der Waals surface area contributed by atoms with Crippen LogP contribution < -0.4 is 16.4 Å². The number of hydrogen-bond acceptors (Lipinski definition) is 2. The third-order valence-electron chi connectivity index (χ3n) is 3.62. The lowest BCUT2D eigenvalue weighted by molar-refractivity contribution is 0.0953. The summed E-state index contributed by atoms with van der Waals surface area (Å²) >= 11 is 3.36. The number of benzene rings is 2. The molecule has 0 aliphatic rings. The van der Waals surface area contributed by atoms with Gasteiger partial charge >= 0.3 is 0 Å². The minimum absolute atomic E-state index is 0. The van der Waals surface area contributed by atoms with Gasteiger partial charge in [0.1, 0.15) is 0 Å². The quantitative estimate of drug-likeness (QED) is 0.217. The maximum atomic E-state index is 12.0. The maximum absolute atomic E-state index is 12.0. The van der Waals surface area contributed by atoms with Crippen LogP contribution in [0.4, 0.5) is 5.69 Å². The van der Waals surface area contributed by atoms with Crippen LogP contribution in [0.1, 0.15) is 29.3 Å². The van der Waals surface area contributed by atoms with Crippen molar-refractivity contribution in [1.82, 2.24) is 5.32 Å². The van der Waals surface area contributed by atoms with E-state index in [-0.39, 0.29) is 29.9 Å². The number of carbonyl (C=O) groups excluding carboxylic acids is 1. The molecule has 7 heteroatoms. The van der Waals surface area contributed by atoms with E-state index in [1.54, 1.807) is 12.1 Å². The zero-order chi connectivity index (χ0) is 18.1.